The summed E-state index contributed by atoms with van der Waals surface area (Å²) in [5, 5.41) is 0. The van der Waals surface area contributed by atoms with Gasteiger partial charge in [-0.1, -0.05) is 30.3 Å². The van der Waals surface area contributed by atoms with E-state index in [4.69, 9.17) is 0 Å². The molecule has 0 aromatic heterocycles. The number of halogens is 3. The fourth-order valence-corrected chi connectivity index (χ4v) is 2.25. The lowest BCUT2D eigenvalue weighted by Gasteiger charge is -2.15. The largest absolute Gasteiger partial charge is 0.534 e. The molecule has 1 aliphatic rings. The molecule has 108 valence electrons. The Morgan fingerprint density at radius 2 is 1.75 bits per heavy atom. The minimum atomic E-state index is -5.62. The second kappa shape index (κ2) is 5.32. The van der Waals surface area contributed by atoms with Crippen molar-refractivity contribution in [2.75, 3.05) is 0 Å². The first-order valence-electron chi connectivity index (χ1n) is 5.76. The summed E-state index contributed by atoms with van der Waals surface area (Å²) in [6, 6.07) is 9.00. The zero-order valence-electron chi connectivity index (χ0n) is 10.2. The van der Waals surface area contributed by atoms with Crippen LogP contribution in [0.25, 0.3) is 5.57 Å². The fourth-order valence-electron chi connectivity index (χ4n) is 1.78. The summed E-state index contributed by atoms with van der Waals surface area (Å²) in [4.78, 5) is 0. The standard InChI is InChI=1S/C13H11F3O3S/c14-13(15,16)20(17,18)19-12-8-4-7-11(9-12)10-5-2-1-3-6-10/h1-3,5-6,8-9H,4,7H2. The molecule has 0 radical (unpaired) electrons. The van der Waals surface area contributed by atoms with Crippen LogP contribution in [0, 0.1) is 0 Å². The Bertz CT molecular complexity index is 643. The first kappa shape index (κ1) is 14.6. The van der Waals surface area contributed by atoms with E-state index in [1.807, 2.05) is 6.07 Å². The van der Waals surface area contributed by atoms with Gasteiger partial charge in [0.15, 0.2) is 0 Å². The molecule has 0 bridgehead atoms. The SMILES string of the molecule is O=S(=O)(OC1=CCCC(c2ccccc2)=C1)C(F)(F)F. The van der Waals surface area contributed by atoms with Gasteiger partial charge in [-0.05, 0) is 36.1 Å². The van der Waals surface area contributed by atoms with Gasteiger partial charge in [-0.25, -0.2) is 0 Å². The van der Waals surface area contributed by atoms with Gasteiger partial charge in [0, 0.05) is 0 Å². The average Bonchev–Trinajstić information content (AvgIpc) is 2.38. The summed E-state index contributed by atoms with van der Waals surface area (Å²) < 4.78 is 62.8. The van der Waals surface area contributed by atoms with Gasteiger partial charge < -0.3 is 4.18 Å². The van der Waals surface area contributed by atoms with E-state index in [0.29, 0.717) is 12.8 Å². The normalized spacial score (nSPS) is 16.4. The molecule has 20 heavy (non-hydrogen) atoms. The van der Waals surface area contributed by atoms with E-state index >= 15 is 0 Å². The van der Waals surface area contributed by atoms with Gasteiger partial charge >= 0.3 is 15.6 Å². The van der Waals surface area contributed by atoms with Gasteiger partial charge in [-0.2, -0.15) is 21.6 Å². The lowest BCUT2D eigenvalue weighted by molar-refractivity contribution is -0.0520. The fraction of sp³-hybridized carbons (Fsp3) is 0.231. The van der Waals surface area contributed by atoms with Gasteiger partial charge in [0.05, 0.1) is 0 Å². The Balaban J connectivity index is 2.23. The van der Waals surface area contributed by atoms with Crippen LogP contribution in [0.1, 0.15) is 18.4 Å². The van der Waals surface area contributed by atoms with E-state index < -0.39 is 15.6 Å². The van der Waals surface area contributed by atoms with Crippen molar-refractivity contribution in [3.8, 4) is 0 Å². The predicted molar refractivity (Wildman–Crippen MR) is 67.8 cm³/mol. The Kier molecular flexibility index (Phi) is 3.89. The minimum Gasteiger partial charge on any atom is -0.376 e. The Labute approximate surface area is 114 Å². The maximum atomic E-state index is 12.2. The first-order valence-corrected chi connectivity index (χ1v) is 7.17. The number of hydrogen-bond donors (Lipinski definition) is 0. The van der Waals surface area contributed by atoms with E-state index in [1.54, 1.807) is 24.3 Å². The third-order valence-electron chi connectivity index (χ3n) is 2.71. The molecule has 0 atom stereocenters. The Hall–Kier alpha value is -1.76. The maximum Gasteiger partial charge on any atom is 0.534 e. The number of alkyl halides is 3. The molecule has 3 nitrogen and oxygen atoms in total. The zero-order valence-corrected chi connectivity index (χ0v) is 11.0. The Morgan fingerprint density at radius 3 is 2.35 bits per heavy atom. The molecule has 1 aliphatic carbocycles. The monoisotopic (exact) mass is 304 g/mol. The van der Waals surface area contributed by atoms with E-state index in [-0.39, 0.29) is 5.76 Å². The number of hydrogen-bond acceptors (Lipinski definition) is 3. The lowest BCUT2D eigenvalue weighted by atomic mass is 9.97. The summed E-state index contributed by atoms with van der Waals surface area (Å²) in [6.45, 7) is 0. The van der Waals surface area contributed by atoms with Crippen LogP contribution >= 0.6 is 0 Å². The van der Waals surface area contributed by atoms with Crippen molar-refractivity contribution in [2.24, 2.45) is 0 Å². The maximum absolute atomic E-state index is 12.2. The molecule has 0 fully saturated rings. The molecule has 1 aromatic carbocycles. The third kappa shape index (κ3) is 3.22. The summed E-state index contributed by atoms with van der Waals surface area (Å²) in [5.41, 5.74) is -3.86. The second-order valence-corrected chi connectivity index (χ2v) is 5.70. The highest BCUT2D eigenvalue weighted by molar-refractivity contribution is 7.87. The molecule has 2 rings (SSSR count). The number of allylic oxidation sites excluding steroid dienone is 3. The van der Waals surface area contributed by atoms with Crippen LogP contribution in [0.4, 0.5) is 13.2 Å². The van der Waals surface area contributed by atoms with Crippen LogP contribution < -0.4 is 0 Å². The van der Waals surface area contributed by atoms with E-state index in [0.717, 1.165) is 11.1 Å². The van der Waals surface area contributed by atoms with Crippen molar-refractivity contribution in [1.29, 1.82) is 0 Å². The molecule has 1 aromatic rings. The van der Waals surface area contributed by atoms with Crippen LogP contribution in [0.5, 0.6) is 0 Å². The molecule has 0 aliphatic heterocycles. The summed E-state index contributed by atoms with van der Waals surface area (Å²) in [6.07, 6.45) is 3.68. The molecular formula is C13H11F3O3S. The van der Waals surface area contributed by atoms with Gasteiger partial charge in [-0.15, -0.1) is 0 Å². The van der Waals surface area contributed by atoms with E-state index in [9.17, 15) is 21.6 Å². The minimum absolute atomic E-state index is 0.299. The van der Waals surface area contributed by atoms with Crippen LogP contribution in [-0.4, -0.2) is 13.9 Å². The lowest BCUT2D eigenvalue weighted by Crippen LogP contribution is -2.25. The van der Waals surface area contributed by atoms with Crippen molar-refractivity contribution >= 4 is 15.7 Å². The number of rotatable bonds is 3. The highest BCUT2D eigenvalue weighted by atomic mass is 32.2. The average molecular weight is 304 g/mol. The summed E-state index contributed by atoms with van der Waals surface area (Å²) in [5.74, 6) is -0.299. The topological polar surface area (TPSA) is 43.4 Å². The van der Waals surface area contributed by atoms with Crippen LogP contribution in [0.15, 0.2) is 48.2 Å². The molecule has 0 N–H and O–H groups in total. The van der Waals surface area contributed by atoms with Crippen LogP contribution in [0.3, 0.4) is 0 Å². The van der Waals surface area contributed by atoms with Crippen LogP contribution in [0.2, 0.25) is 0 Å². The highest BCUT2D eigenvalue weighted by Gasteiger charge is 2.48. The van der Waals surface area contributed by atoms with Crippen molar-refractivity contribution in [3.63, 3.8) is 0 Å². The third-order valence-corrected chi connectivity index (χ3v) is 3.69. The summed E-state index contributed by atoms with van der Waals surface area (Å²) >= 11 is 0. The smallest absolute Gasteiger partial charge is 0.376 e. The van der Waals surface area contributed by atoms with Gasteiger partial charge in [0.25, 0.3) is 0 Å². The molecule has 0 heterocycles. The quantitative estimate of drug-likeness (QED) is 0.633. The highest BCUT2D eigenvalue weighted by Crippen LogP contribution is 2.31. The van der Waals surface area contributed by atoms with Gasteiger partial charge in [-0.3, -0.25) is 0 Å². The molecule has 0 saturated carbocycles. The van der Waals surface area contributed by atoms with Crippen molar-refractivity contribution < 1.29 is 25.8 Å². The van der Waals surface area contributed by atoms with Gasteiger partial charge in [0.1, 0.15) is 5.76 Å². The van der Waals surface area contributed by atoms with Crippen molar-refractivity contribution in [2.45, 2.75) is 18.3 Å². The molecule has 0 unspecified atom stereocenters. The summed E-state index contributed by atoms with van der Waals surface area (Å²) in [7, 11) is -5.62. The molecule has 0 spiro atoms. The first-order chi connectivity index (χ1) is 9.29. The second-order valence-electron chi connectivity index (χ2n) is 4.16. The van der Waals surface area contributed by atoms with Crippen molar-refractivity contribution in [1.82, 2.24) is 0 Å². The van der Waals surface area contributed by atoms with E-state index in [1.165, 1.54) is 12.2 Å². The predicted octanol–water partition coefficient (Wildman–Crippen LogP) is 3.61. The molecular weight excluding hydrogens is 293 g/mol. The molecule has 7 heteroatoms. The molecule has 0 saturated heterocycles. The van der Waals surface area contributed by atoms with Gasteiger partial charge in [0.2, 0.25) is 0 Å². The Morgan fingerprint density at radius 1 is 1.10 bits per heavy atom. The van der Waals surface area contributed by atoms with E-state index in [2.05, 4.69) is 4.18 Å². The number of benzene rings is 1. The van der Waals surface area contributed by atoms with Crippen LogP contribution in [-0.2, 0) is 14.3 Å². The van der Waals surface area contributed by atoms with Crippen molar-refractivity contribution in [3.05, 3.63) is 53.8 Å². The zero-order chi connectivity index (χ0) is 14.8. The molecule has 0 amide bonds.